The smallest absolute Gasteiger partial charge is 0.278 e. The largest absolute Gasteiger partial charge is 0.507 e. The van der Waals surface area contributed by atoms with Crippen LogP contribution in [0.2, 0.25) is 0 Å². The van der Waals surface area contributed by atoms with Gasteiger partial charge in [0, 0.05) is 6.04 Å². The number of rotatable bonds is 7. The van der Waals surface area contributed by atoms with Crippen LogP contribution in [-0.2, 0) is 4.79 Å². The third-order valence-corrected chi connectivity index (χ3v) is 3.98. The monoisotopic (exact) mass is 327 g/mol. The van der Waals surface area contributed by atoms with Gasteiger partial charge in [-0.05, 0) is 30.1 Å². The van der Waals surface area contributed by atoms with E-state index in [1.807, 2.05) is 6.92 Å². The molecule has 1 unspecified atom stereocenters. The summed E-state index contributed by atoms with van der Waals surface area (Å²) in [7, 11) is 0. The fraction of sp³-hybridized carbons (Fsp3) is 0.429. The van der Waals surface area contributed by atoms with Gasteiger partial charge < -0.3 is 15.9 Å². The Labute approximate surface area is 133 Å². The Bertz CT molecular complexity index is 527. The molecular formula is C14H21N3O4S. The maximum atomic E-state index is 12.1. The van der Waals surface area contributed by atoms with Crippen LogP contribution in [0.5, 0.6) is 5.75 Å². The lowest BCUT2D eigenvalue weighted by Crippen LogP contribution is -2.53. The number of aliphatic hydroxyl groups excluding tert-OH is 1. The molecule has 2 atom stereocenters. The van der Waals surface area contributed by atoms with Crippen molar-refractivity contribution in [3.8, 4) is 5.75 Å². The van der Waals surface area contributed by atoms with Gasteiger partial charge in [-0.25, -0.2) is 10.9 Å². The molecule has 0 heterocycles. The quantitative estimate of drug-likeness (QED) is 0.241. The van der Waals surface area contributed by atoms with Crippen molar-refractivity contribution in [2.75, 3.05) is 11.5 Å². The molecule has 0 fully saturated rings. The first kappa shape index (κ1) is 18.4. The van der Waals surface area contributed by atoms with Gasteiger partial charge in [0.15, 0.2) is 0 Å². The third-order valence-electron chi connectivity index (χ3n) is 3.05. The van der Waals surface area contributed by atoms with Crippen LogP contribution in [0.25, 0.3) is 0 Å². The number of para-hydroxylation sites is 1. The van der Waals surface area contributed by atoms with E-state index in [1.54, 1.807) is 11.8 Å². The molecule has 0 aromatic heterocycles. The van der Waals surface area contributed by atoms with Gasteiger partial charge in [-0.3, -0.25) is 9.59 Å². The Morgan fingerprint density at radius 3 is 2.59 bits per heavy atom. The zero-order valence-electron chi connectivity index (χ0n) is 12.3. The molecule has 1 aromatic rings. The Kier molecular flexibility index (Phi) is 7.33. The Morgan fingerprint density at radius 1 is 1.36 bits per heavy atom. The minimum atomic E-state index is -1.57. The van der Waals surface area contributed by atoms with E-state index in [0.29, 0.717) is 12.2 Å². The van der Waals surface area contributed by atoms with Gasteiger partial charge in [0.05, 0.1) is 5.56 Å². The van der Waals surface area contributed by atoms with Gasteiger partial charge in [0.2, 0.25) is 0 Å². The average molecular weight is 327 g/mol. The van der Waals surface area contributed by atoms with Crippen molar-refractivity contribution in [3.05, 3.63) is 29.8 Å². The second-order valence-corrected chi connectivity index (χ2v) is 6.02. The number of aliphatic hydroxyl groups is 1. The zero-order chi connectivity index (χ0) is 16.7. The van der Waals surface area contributed by atoms with Crippen LogP contribution in [0.4, 0.5) is 0 Å². The minimum absolute atomic E-state index is 0.124. The standard InChI is InChI=1S/C14H21N3O4S/c1-2-22-8-7-10(15)12(19)14(21)17(16)13(20)9-5-3-4-6-11(9)18/h3-6,10,12,18-19H,2,7-8,15-16H2,1H3/t10-,12?/m1/s1. The van der Waals surface area contributed by atoms with Crippen molar-refractivity contribution < 1.29 is 19.8 Å². The molecule has 0 aliphatic heterocycles. The van der Waals surface area contributed by atoms with Crippen LogP contribution in [-0.4, -0.2) is 50.7 Å². The second kappa shape index (κ2) is 8.74. The number of nitrogens with two attached hydrogens (primary N) is 2. The third kappa shape index (κ3) is 4.70. The predicted molar refractivity (Wildman–Crippen MR) is 85.1 cm³/mol. The molecule has 6 N–H and O–H groups in total. The minimum Gasteiger partial charge on any atom is -0.507 e. The fourth-order valence-corrected chi connectivity index (χ4v) is 2.46. The average Bonchev–Trinajstić information content (AvgIpc) is 2.52. The van der Waals surface area contributed by atoms with E-state index in [4.69, 9.17) is 11.6 Å². The number of carbonyl (C=O) groups is 2. The van der Waals surface area contributed by atoms with Crippen molar-refractivity contribution >= 4 is 23.6 Å². The summed E-state index contributed by atoms with van der Waals surface area (Å²) in [5.41, 5.74) is 5.61. The number of amides is 2. The van der Waals surface area contributed by atoms with Gasteiger partial charge in [-0.15, -0.1) is 0 Å². The lowest BCUT2D eigenvalue weighted by Gasteiger charge is -2.22. The molecule has 1 rings (SSSR count). The highest BCUT2D eigenvalue weighted by Gasteiger charge is 2.30. The van der Waals surface area contributed by atoms with E-state index < -0.39 is 24.0 Å². The van der Waals surface area contributed by atoms with Crippen LogP contribution >= 0.6 is 11.8 Å². The van der Waals surface area contributed by atoms with Gasteiger partial charge in [0.25, 0.3) is 11.8 Å². The van der Waals surface area contributed by atoms with Gasteiger partial charge in [0.1, 0.15) is 11.9 Å². The summed E-state index contributed by atoms with van der Waals surface area (Å²) >= 11 is 1.63. The molecule has 1 aromatic carbocycles. The van der Waals surface area contributed by atoms with E-state index in [1.165, 1.54) is 24.3 Å². The molecule has 0 aliphatic carbocycles. The van der Waals surface area contributed by atoms with E-state index in [2.05, 4.69) is 0 Å². The summed E-state index contributed by atoms with van der Waals surface area (Å²) in [5.74, 6) is 4.86. The van der Waals surface area contributed by atoms with Crippen molar-refractivity contribution in [2.24, 2.45) is 11.6 Å². The summed E-state index contributed by atoms with van der Waals surface area (Å²) in [6.07, 6.45) is -1.15. The van der Waals surface area contributed by atoms with E-state index in [9.17, 15) is 19.8 Å². The molecule has 0 bridgehead atoms. The summed E-state index contributed by atoms with van der Waals surface area (Å²) in [5, 5.41) is 19.8. The van der Waals surface area contributed by atoms with Crippen molar-refractivity contribution in [3.63, 3.8) is 0 Å². The van der Waals surface area contributed by atoms with Crippen LogP contribution in [0.15, 0.2) is 24.3 Å². The zero-order valence-corrected chi connectivity index (χ0v) is 13.1. The number of phenolic OH excluding ortho intramolecular Hbond substituents is 1. The summed E-state index contributed by atoms with van der Waals surface area (Å²) in [6.45, 7) is 1.99. The molecule has 22 heavy (non-hydrogen) atoms. The molecular weight excluding hydrogens is 306 g/mol. The highest BCUT2D eigenvalue weighted by molar-refractivity contribution is 7.99. The second-order valence-electron chi connectivity index (χ2n) is 4.62. The van der Waals surface area contributed by atoms with E-state index >= 15 is 0 Å². The molecule has 0 saturated heterocycles. The molecule has 7 nitrogen and oxygen atoms in total. The molecule has 0 spiro atoms. The molecule has 0 radical (unpaired) electrons. The normalized spacial score (nSPS) is 13.5. The number of nitrogens with zero attached hydrogens (tertiary/aromatic N) is 1. The number of hydrogen-bond acceptors (Lipinski definition) is 7. The van der Waals surface area contributed by atoms with Crippen molar-refractivity contribution in [1.29, 1.82) is 0 Å². The number of phenols is 1. The van der Waals surface area contributed by atoms with Gasteiger partial charge in [-0.2, -0.15) is 11.8 Å². The number of carbonyl (C=O) groups excluding carboxylic acids is 2. The summed E-state index contributed by atoms with van der Waals surface area (Å²) in [6, 6.07) is 4.88. The van der Waals surface area contributed by atoms with Gasteiger partial charge >= 0.3 is 0 Å². The number of hydrogen-bond donors (Lipinski definition) is 4. The number of aromatic hydroxyl groups is 1. The van der Waals surface area contributed by atoms with Crippen LogP contribution in [0.1, 0.15) is 23.7 Å². The van der Waals surface area contributed by atoms with E-state index in [0.717, 1.165) is 5.75 Å². The van der Waals surface area contributed by atoms with Crippen molar-refractivity contribution in [2.45, 2.75) is 25.5 Å². The Hall–Kier alpha value is -1.61. The van der Waals surface area contributed by atoms with Gasteiger partial charge in [-0.1, -0.05) is 19.1 Å². The first-order chi connectivity index (χ1) is 10.4. The lowest BCUT2D eigenvalue weighted by atomic mass is 10.1. The Balaban J connectivity index is 2.71. The number of imide groups is 1. The lowest BCUT2D eigenvalue weighted by molar-refractivity contribution is -0.138. The van der Waals surface area contributed by atoms with E-state index in [-0.39, 0.29) is 16.3 Å². The SMILES string of the molecule is CCSCC[C@@H](N)C(O)C(=O)N(N)C(=O)c1ccccc1O. The highest BCUT2D eigenvalue weighted by atomic mass is 32.2. The fourth-order valence-electron chi connectivity index (χ4n) is 1.73. The molecule has 2 amide bonds. The molecule has 0 aliphatic rings. The maximum absolute atomic E-state index is 12.1. The highest BCUT2D eigenvalue weighted by Crippen LogP contribution is 2.17. The first-order valence-corrected chi connectivity index (χ1v) is 7.98. The number of thioether (sulfide) groups is 1. The summed E-state index contributed by atoms with van der Waals surface area (Å²) < 4.78 is 0. The molecule has 122 valence electrons. The molecule has 0 saturated carbocycles. The number of hydrazine groups is 1. The Morgan fingerprint density at radius 2 is 2.00 bits per heavy atom. The van der Waals surface area contributed by atoms with Crippen LogP contribution < -0.4 is 11.6 Å². The van der Waals surface area contributed by atoms with Crippen molar-refractivity contribution in [1.82, 2.24) is 5.01 Å². The van der Waals surface area contributed by atoms with Crippen LogP contribution in [0.3, 0.4) is 0 Å². The summed E-state index contributed by atoms with van der Waals surface area (Å²) in [4.78, 5) is 24.1. The molecule has 8 heteroatoms. The first-order valence-electron chi connectivity index (χ1n) is 6.82. The topological polar surface area (TPSA) is 130 Å². The maximum Gasteiger partial charge on any atom is 0.278 e. The van der Waals surface area contributed by atoms with Crippen LogP contribution in [0, 0.1) is 0 Å². The number of benzene rings is 1. The predicted octanol–water partition coefficient (Wildman–Crippen LogP) is 0.0661.